The number of hydrogen-bond acceptors (Lipinski definition) is 1. The van der Waals surface area contributed by atoms with Gasteiger partial charge in [-0.05, 0) is 18.7 Å². The maximum absolute atomic E-state index is 15.4. The van der Waals surface area contributed by atoms with Gasteiger partial charge in [-0.1, -0.05) is 101 Å². The highest BCUT2D eigenvalue weighted by Crippen LogP contribution is 2.37. The number of alkyl halides is 1. The lowest BCUT2D eigenvalue weighted by Crippen LogP contribution is -2.50. The van der Waals surface area contributed by atoms with E-state index in [9.17, 15) is 4.39 Å². The van der Waals surface area contributed by atoms with Gasteiger partial charge >= 0.3 is 0 Å². The lowest BCUT2D eigenvalue weighted by molar-refractivity contribution is 0.377. The van der Waals surface area contributed by atoms with Crippen molar-refractivity contribution in [3.63, 3.8) is 0 Å². The Bertz CT molecular complexity index is 1000. The van der Waals surface area contributed by atoms with E-state index in [-0.39, 0.29) is 29.4 Å². The van der Waals surface area contributed by atoms with E-state index in [2.05, 4.69) is 15.9 Å². The minimum absolute atomic E-state index is 0.124. The van der Waals surface area contributed by atoms with Crippen LogP contribution < -0.4 is 4.72 Å². The summed E-state index contributed by atoms with van der Waals surface area (Å²) in [5.41, 5.74) is 0.0365. The van der Waals surface area contributed by atoms with Gasteiger partial charge in [-0.25, -0.2) is 8.78 Å². The van der Waals surface area contributed by atoms with Crippen molar-refractivity contribution in [2.45, 2.75) is 31.8 Å². The second-order valence-corrected chi connectivity index (χ2v) is 9.69. The van der Waals surface area contributed by atoms with Crippen LogP contribution in [0.1, 0.15) is 16.7 Å². The summed E-state index contributed by atoms with van der Waals surface area (Å²) in [6.45, 7) is 3.77. The van der Waals surface area contributed by atoms with Crippen molar-refractivity contribution < 1.29 is 13.2 Å². The van der Waals surface area contributed by atoms with Gasteiger partial charge < -0.3 is 4.72 Å². The average molecular weight is 496 g/mol. The molecular formula is C23H25B4BrF3N. The second-order valence-electron chi connectivity index (χ2n) is 8.84. The number of hydrogen-bond donors (Lipinski definition) is 0. The molecule has 0 fully saturated rings. The highest BCUT2D eigenvalue weighted by Gasteiger charge is 2.34. The minimum atomic E-state index is -2.02. The van der Waals surface area contributed by atoms with Gasteiger partial charge in [-0.2, -0.15) is 0 Å². The Morgan fingerprint density at radius 1 is 0.844 bits per heavy atom. The van der Waals surface area contributed by atoms with E-state index in [1.807, 2.05) is 79.0 Å². The highest BCUT2D eigenvalue weighted by molar-refractivity contribution is 9.10. The molecule has 0 aromatic heterocycles. The monoisotopic (exact) mass is 495 g/mol. The summed E-state index contributed by atoms with van der Waals surface area (Å²) < 4.78 is 47.2. The van der Waals surface area contributed by atoms with E-state index in [0.717, 1.165) is 11.1 Å². The third-order valence-corrected chi connectivity index (χ3v) is 6.34. The molecule has 0 N–H and O–H groups in total. The van der Waals surface area contributed by atoms with E-state index in [4.69, 9.17) is 0 Å². The van der Waals surface area contributed by atoms with Gasteiger partial charge in [0.05, 0.1) is 11.2 Å². The molecule has 3 aromatic carbocycles. The maximum Gasteiger partial charge on any atom is 0.242 e. The Morgan fingerprint density at radius 2 is 1.28 bits per heavy atom. The maximum atomic E-state index is 15.4. The van der Waals surface area contributed by atoms with E-state index >= 15 is 8.78 Å². The van der Waals surface area contributed by atoms with Crippen LogP contribution in [0.2, 0.25) is 13.6 Å². The fourth-order valence-electron chi connectivity index (χ4n) is 4.33. The summed E-state index contributed by atoms with van der Waals surface area (Å²) in [7, 11) is 2.45. The van der Waals surface area contributed by atoms with Gasteiger partial charge in [-0.3, -0.25) is 4.39 Å². The molecule has 32 heavy (non-hydrogen) atoms. The standard InChI is InChI=1S/C23H25B4BrF3N/c1-26(14-16-9-5-3-6-10-16)32(27(2)15-17-11-7-4-8-12-17)19-13-18(28)20(23(24,25)31)22(30)21(19)29/h3-13H,14-15,24-25H2,1-2H3. The van der Waals surface area contributed by atoms with Crippen molar-refractivity contribution in [2.24, 2.45) is 0 Å². The predicted octanol–water partition coefficient (Wildman–Crippen LogP) is 4.69. The quantitative estimate of drug-likeness (QED) is 0.324. The molecule has 0 aliphatic heterocycles. The lowest BCUT2D eigenvalue weighted by atomic mass is 9.44. The third-order valence-electron chi connectivity index (χ3n) is 5.71. The van der Waals surface area contributed by atoms with Crippen molar-refractivity contribution >= 4 is 51.0 Å². The van der Waals surface area contributed by atoms with E-state index < -0.39 is 17.1 Å². The summed E-state index contributed by atoms with van der Waals surface area (Å²) in [6, 6.07) is 21.4. The molecular weight excluding hydrogens is 470 g/mol. The van der Waals surface area contributed by atoms with Gasteiger partial charge in [0.25, 0.3) is 0 Å². The zero-order chi connectivity index (χ0) is 23.5. The molecule has 0 bridgehead atoms. The van der Waals surface area contributed by atoms with Crippen molar-refractivity contribution in [1.82, 2.24) is 0 Å². The van der Waals surface area contributed by atoms with Gasteiger partial charge in [0, 0.05) is 10.0 Å². The zero-order valence-corrected chi connectivity index (χ0v) is 20.5. The van der Waals surface area contributed by atoms with Crippen LogP contribution in [0.15, 0.2) is 71.2 Å². The Balaban J connectivity index is 2.05. The predicted molar refractivity (Wildman–Crippen MR) is 140 cm³/mol. The van der Waals surface area contributed by atoms with E-state index in [1.165, 1.54) is 21.8 Å². The Morgan fingerprint density at radius 3 is 1.69 bits per heavy atom. The van der Waals surface area contributed by atoms with Crippen molar-refractivity contribution in [3.8, 4) is 0 Å². The summed E-state index contributed by atoms with van der Waals surface area (Å²) >= 11 is 3.29. The van der Waals surface area contributed by atoms with Gasteiger partial charge in [0.15, 0.2) is 11.6 Å². The number of nitrogens with zero attached hydrogens (tertiary/aromatic N) is 1. The Hall–Kier alpha value is -2.01. The number of benzene rings is 3. The molecule has 0 aliphatic rings. The number of anilines is 1. The largest absolute Gasteiger partial charge is 0.458 e. The molecule has 0 amide bonds. The fourth-order valence-corrected chi connectivity index (χ4v) is 5.19. The van der Waals surface area contributed by atoms with Crippen molar-refractivity contribution in [3.05, 3.63) is 99.5 Å². The molecule has 0 aliphatic carbocycles. The van der Waals surface area contributed by atoms with Crippen LogP contribution >= 0.6 is 15.9 Å². The van der Waals surface area contributed by atoms with Crippen LogP contribution in [-0.4, -0.2) is 29.4 Å². The topological polar surface area (TPSA) is 3.24 Å². The normalized spacial score (nSPS) is 11.3. The molecule has 0 heterocycles. The van der Waals surface area contributed by atoms with Crippen LogP contribution in [0.3, 0.4) is 0 Å². The zero-order valence-electron chi connectivity index (χ0n) is 18.9. The van der Waals surface area contributed by atoms with Gasteiger partial charge in [0.2, 0.25) is 13.7 Å². The molecule has 0 saturated heterocycles. The minimum Gasteiger partial charge on any atom is -0.458 e. The van der Waals surface area contributed by atoms with Gasteiger partial charge in [-0.15, -0.1) is 0 Å². The van der Waals surface area contributed by atoms with Crippen molar-refractivity contribution in [1.29, 1.82) is 0 Å². The molecule has 3 rings (SSSR count). The molecule has 162 valence electrons. The lowest BCUT2D eigenvalue weighted by Gasteiger charge is -2.36. The molecule has 0 saturated carbocycles. The molecule has 9 heteroatoms. The first-order valence-corrected chi connectivity index (χ1v) is 11.6. The third kappa shape index (κ3) is 5.67. The molecule has 3 aromatic rings. The van der Waals surface area contributed by atoms with Gasteiger partial charge in [0.1, 0.15) is 15.7 Å². The summed E-state index contributed by atoms with van der Waals surface area (Å²) in [6.07, 6.45) is 1.32. The number of rotatable bonds is 8. The molecule has 0 spiro atoms. The Kier molecular flexibility index (Phi) is 7.92. The van der Waals surface area contributed by atoms with E-state index in [1.54, 1.807) is 0 Å². The smallest absolute Gasteiger partial charge is 0.242 e. The van der Waals surface area contributed by atoms with Crippen LogP contribution in [0.25, 0.3) is 0 Å². The first kappa shape index (κ1) is 24.6. The molecule has 0 radical (unpaired) electrons. The van der Waals surface area contributed by atoms with Crippen LogP contribution in [0, 0.1) is 11.6 Å². The fraction of sp³-hybridized carbons (Fsp3) is 0.217. The first-order chi connectivity index (χ1) is 15.1. The second kappa shape index (κ2) is 10.3. The van der Waals surface area contributed by atoms with Crippen molar-refractivity contribution in [2.75, 3.05) is 4.72 Å². The number of halogens is 4. The van der Waals surface area contributed by atoms with Crippen LogP contribution in [0.4, 0.5) is 18.9 Å². The van der Waals surface area contributed by atoms with Crippen LogP contribution in [0.5, 0.6) is 0 Å². The van der Waals surface area contributed by atoms with Crippen LogP contribution in [-0.2, 0) is 18.1 Å². The highest BCUT2D eigenvalue weighted by atomic mass is 79.9. The summed E-state index contributed by atoms with van der Waals surface area (Å²) in [4.78, 5) is 0. The summed E-state index contributed by atoms with van der Waals surface area (Å²) in [5, 5.41) is 0. The van der Waals surface area contributed by atoms with E-state index in [0.29, 0.717) is 12.6 Å². The average Bonchev–Trinajstić information content (AvgIpc) is 2.72. The molecule has 0 atom stereocenters. The Labute approximate surface area is 199 Å². The molecule has 0 unspecified atom stereocenters. The molecule has 1 nitrogen and oxygen atoms in total. The summed E-state index contributed by atoms with van der Waals surface area (Å²) in [5.74, 6) is -2.17. The SMILES string of the molecule is BC(B)(F)c1c(Br)cc(N(B(C)Cc2ccccc2)B(C)Cc2ccccc2)c(F)c1F. The first-order valence-electron chi connectivity index (χ1n) is 10.8.